The predicted octanol–water partition coefficient (Wildman–Crippen LogP) is 1.81. The third kappa shape index (κ3) is 2.51. The Kier molecular flexibility index (Phi) is 3.34. The van der Waals surface area contributed by atoms with Crippen LogP contribution in [0.25, 0.3) is 0 Å². The van der Waals surface area contributed by atoms with Crippen molar-refractivity contribution in [3.05, 3.63) is 17.6 Å². The van der Waals surface area contributed by atoms with Crippen molar-refractivity contribution < 1.29 is 9.59 Å². The Hall–Kier alpha value is -1.49. The van der Waals surface area contributed by atoms with Crippen LogP contribution in [-0.4, -0.2) is 27.5 Å². The molecule has 0 spiro atoms. The highest BCUT2D eigenvalue weighted by atomic mass is 35.5. The number of halogens is 1. The first-order chi connectivity index (χ1) is 8.43. The summed E-state index contributed by atoms with van der Waals surface area (Å²) >= 11 is 5.43. The zero-order valence-corrected chi connectivity index (χ0v) is 11.0. The first-order valence-electron chi connectivity index (χ1n) is 5.66. The van der Waals surface area contributed by atoms with E-state index in [1.165, 1.54) is 6.33 Å². The summed E-state index contributed by atoms with van der Waals surface area (Å²) < 4.78 is 0. The number of Topliss-reactive ketones (excluding diaryl/α,β-unsaturated/α-hetero) is 1. The second kappa shape index (κ2) is 4.65. The molecule has 0 aromatic carbocycles. The molecule has 1 amide bonds. The highest BCUT2D eigenvalue weighted by Gasteiger charge is 2.34. The van der Waals surface area contributed by atoms with Gasteiger partial charge in [0.25, 0.3) is 0 Å². The Bertz CT molecular complexity index is 514. The van der Waals surface area contributed by atoms with Crippen molar-refractivity contribution in [1.82, 2.24) is 9.97 Å². The van der Waals surface area contributed by atoms with Gasteiger partial charge in [-0.3, -0.25) is 9.59 Å². The molecule has 5 nitrogen and oxygen atoms in total. The maximum atomic E-state index is 12.1. The molecule has 1 heterocycles. The van der Waals surface area contributed by atoms with Crippen LogP contribution in [0.3, 0.4) is 0 Å². The molecule has 0 saturated carbocycles. The van der Waals surface area contributed by atoms with E-state index in [0.29, 0.717) is 24.1 Å². The standard InChI is InChI=1S/C12H14ClN3O2/c1-12(2)3-7-10(8(17)4-12)11(15-6-14-7)16-9(18)5-13/h6H,3-5H2,1-2H3,(H,14,15,16,18). The number of ketones is 1. The van der Waals surface area contributed by atoms with E-state index < -0.39 is 0 Å². The Morgan fingerprint density at radius 1 is 1.44 bits per heavy atom. The summed E-state index contributed by atoms with van der Waals surface area (Å²) in [4.78, 5) is 31.5. The topological polar surface area (TPSA) is 72.0 Å². The SMILES string of the molecule is CC1(C)CC(=O)c2c(ncnc2NC(=O)CCl)C1. The Balaban J connectivity index is 2.42. The minimum Gasteiger partial charge on any atom is -0.309 e. The van der Waals surface area contributed by atoms with Crippen molar-refractivity contribution in [3.63, 3.8) is 0 Å². The van der Waals surface area contributed by atoms with Crippen LogP contribution in [0.4, 0.5) is 5.82 Å². The van der Waals surface area contributed by atoms with E-state index in [2.05, 4.69) is 15.3 Å². The largest absolute Gasteiger partial charge is 0.309 e. The summed E-state index contributed by atoms with van der Waals surface area (Å²) in [6.45, 7) is 4.04. The van der Waals surface area contributed by atoms with E-state index in [-0.39, 0.29) is 28.8 Å². The Labute approximate surface area is 110 Å². The summed E-state index contributed by atoms with van der Waals surface area (Å²) in [6, 6.07) is 0. The van der Waals surface area contributed by atoms with Crippen molar-refractivity contribution in [2.24, 2.45) is 5.41 Å². The van der Waals surface area contributed by atoms with Gasteiger partial charge in [0.05, 0.1) is 11.3 Å². The van der Waals surface area contributed by atoms with Gasteiger partial charge < -0.3 is 5.32 Å². The number of aromatic nitrogens is 2. The number of nitrogens with zero attached hydrogens (tertiary/aromatic N) is 2. The van der Waals surface area contributed by atoms with Crippen molar-refractivity contribution in [2.75, 3.05) is 11.2 Å². The highest BCUT2D eigenvalue weighted by molar-refractivity contribution is 6.29. The molecule has 1 aliphatic rings. The zero-order chi connectivity index (χ0) is 13.3. The van der Waals surface area contributed by atoms with Crippen LogP contribution in [0.2, 0.25) is 0 Å². The highest BCUT2D eigenvalue weighted by Crippen LogP contribution is 2.35. The number of amides is 1. The monoisotopic (exact) mass is 267 g/mol. The number of anilines is 1. The molecule has 0 bridgehead atoms. The van der Waals surface area contributed by atoms with Crippen LogP contribution < -0.4 is 5.32 Å². The second-order valence-corrected chi connectivity index (χ2v) is 5.43. The molecule has 1 aliphatic carbocycles. The maximum Gasteiger partial charge on any atom is 0.240 e. The number of carbonyl (C=O) groups excluding carboxylic acids is 2. The smallest absolute Gasteiger partial charge is 0.240 e. The number of carbonyl (C=O) groups is 2. The fourth-order valence-corrected chi connectivity index (χ4v) is 2.21. The molecule has 1 aromatic rings. The molecule has 0 saturated heterocycles. The number of hydrogen-bond acceptors (Lipinski definition) is 4. The van der Waals surface area contributed by atoms with Gasteiger partial charge in [-0.25, -0.2) is 9.97 Å². The van der Waals surface area contributed by atoms with Gasteiger partial charge in [0.15, 0.2) is 5.78 Å². The van der Waals surface area contributed by atoms with Gasteiger partial charge in [-0.1, -0.05) is 13.8 Å². The van der Waals surface area contributed by atoms with Crippen LogP contribution >= 0.6 is 11.6 Å². The van der Waals surface area contributed by atoms with Gasteiger partial charge in [0.2, 0.25) is 5.91 Å². The van der Waals surface area contributed by atoms with Crippen LogP contribution in [0.15, 0.2) is 6.33 Å². The van der Waals surface area contributed by atoms with Crippen LogP contribution in [0.5, 0.6) is 0 Å². The lowest BCUT2D eigenvalue weighted by Gasteiger charge is -2.29. The van der Waals surface area contributed by atoms with E-state index in [1.807, 2.05) is 13.8 Å². The van der Waals surface area contributed by atoms with Gasteiger partial charge in [0, 0.05) is 6.42 Å². The number of alkyl halides is 1. The summed E-state index contributed by atoms with van der Waals surface area (Å²) in [5.41, 5.74) is 1.01. The van der Waals surface area contributed by atoms with Crippen LogP contribution in [0.1, 0.15) is 36.3 Å². The van der Waals surface area contributed by atoms with Gasteiger partial charge in [-0.2, -0.15) is 0 Å². The van der Waals surface area contributed by atoms with Gasteiger partial charge in [-0.15, -0.1) is 11.6 Å². The lowest BCUT2D eigenvalue weighted by atomic mass is 9.76. The first kappa shape index (κ1) is 13.0. The molecule has 6 heteroatoms. The number of nitrogens with one attached hydrogen (secondary N) is 1. The van der Waals surface area contributed by atoms with Crippen molar-refractivity contribution in [2.45, 2.75) is 26.7 Å². The van der Waals surface area contributed by atoms with Crippen LogP contribution in [-0.2, 0) is 11.2 Å². The fourth-order valence-electron chi connectivity index (χ4n) is 2.15. The third-order valence-corrected chi connectivity index (χ3v) is 3.11. The molecule has 1 N–H and O–H groups in total. The van der Waals surface area contributed by atoms with Gasteiger partial charge >= 0.3 is 0 Å². The normalized spacial score (nSPS) is 17.2. The van der Waals surface area contributed by atoms with E-state index >= 15 is 0 Å². The number of rotatable bonds is 2. The molecule has 0 atom stereocenters. The van der Waals surface area contributed by atoms with Gasteiger partial charge in [0.1, 0.15) is 18.0 Å². The minimum absolute atomic E-state index is 0.0354. The number of hydrogen-bond donors (Lipinski definition) is 1. The Morgan fingerprint density at radius 2 is 2.17 bits per heavy atom. The predicted molar refractivity (Wildman–Crippen MR) is 67.8 cm³/mol. The lowest BCUT2D eigenvalue weighted by molar-refractivity contribution is -0.113. The second-order valence-electron chi connectivity index (χ2n) is 5.17. The molecule has 1 aromatic heterocycles. The zero-order valence-electron chi connectivity index (χ0n) is 10.3. The lowest BCUT2D eigenvalue weighted by Crippen LogP contribution is -2.30. The maximum absolute atomic E-state index is 12.1. The molecule has 0 radical (unpaired) electrons. The first-order valence-corrected chi connectivity index (χ1v) is 6.19. The fraction of sp³-hybridized carbons (Fsp3) is 0.500. The average Bonchev–Trinajstić information content (AvgIpc) is 2.26. The Morgan fingerprint density at radius 3 is 2.83 bits per heavy atom. The molecular formula is C12H14ClN3O2. The molecule has 2 rings (SSSR count). The van der Waals surface area contributed by atoms with E-state index in [0.717, 1.165) is 0 Å². The summed E-state index contributed by atoms with van der Waals surface area (Å²) in [7, 11) is 0. The molecule has 0 fully saturated rings. The minimum atomic E-state index is -0.379. The molecule has 0 aliphatic heterocycles. The van der Waals surface area contributed by atoms with E-state index in [1.54, 1.807) is 0 Å². The van der Waals surface area contributed by atoms with Crippen LogP contribution in [0, 0.1) is 5.41 Å². The third-order valence-electron chi connectivity index (χ3n) is 2.87. The van der Waals surface area contributed by atoms with E-state index in [4.69, 9.17) is 11.6 Å². The van der Waals surface area contributed by atoms with Crippen molar-refractivity contribution >= 4 is 29.1 Å². The summed E-state index contributed by atoms with van der Waals surface area (Å²) in [5, 5.41) is 2.53. The molecule has 96 valence electrons. The molecular weight excluding hydrogens is 254 g/mol. The van der Waals surface area contributed by atoms with Crippen molar-refractivity contribution in [3.8, 4) is 0 Å². The average molecular weight is 268 g/mol. The van der Waals surface area contributed by atoms with Gasteiger partial charge in [-0.05, 0) is 11.8 Å². The quantitative estimate of drug-likeness (QED) is 0.830. The molecule has 0 unspecified atom stereocenters. The van der Waals surface area contributed by atoms with Crippen molar-refractivity contribution in [1.29, 1.82) is 0 Å². The number of fused-ring (bicyclic) bond motifs is 1. The molecule has 18 heavy (non-hydrogen) atoms. The van der Waals surface area contributed by atoms with E-state index in [9.17, 15) is 9.59 Å². The summed E-state index contributed by atoms with van der Waals surface area (Å²) in [6.07, 6.45) is 2.48. The summed E-state index contributed by atoms with van der Waals surface area (Å²) in [5.74, 6) is -0.313.